The van der Waals surface area contributed by atoms with Crippen molar-refractivity contribution in [2.75, 3.05) is 23.7 Å². The largest absolute Gasteiger partial charge is 0.369 e. The van der Waals surface area contributed by atoms with Crippen molar-refractivity contribution in [3.8, 4) is 12.1 Å². The van der Waals surface area contributed by atoms with Crippen LogP contribution in [0.4, 0.5) is 11.6 Å². The number of pyridine rings is 2. The van der Waals surface area contributed by atoms with E-state index >= 15 is 0 Å². The van der Waals surface area contributed by atoms with Gasteiger partial charge in [0, 0.05) is 71.9 Å². The van der Waals surface area contributed by atoms with Crippen LogP contribution in [0.25, 0.3) is 21.8 Å². The molecule has 0 radical (unpaired) electrons. The highest BCUT2D eigenvalue weighted by Gasteiger charge is 2.59. The van der Waals surface area contributed by atoms with Crippen LogP contribution in [-0.4, -0.2) is 73.0 Å². The number of hydrogen-bond acceptors (Lipinski definition) is 14. The smallest absolute Gasteiger partial charge is 0.137 e. The Balaban J connectivity index is 0.000000159. The standard InChI is InChI=1S/2C29H32N8/c2*1-18-22(6-5-7-31-18)23(25-15-37(36-35-25)29-11-20(12-29)13-29)9-19-8-21(14-30)26-24(10-19)27(34-17-33-26)32-16-28(2,3)4/h2*5-8,10,15,17,20,23H,9,11-13,16H2,1-4H3,(H,32,33,34)/t20?,23-,29?;/m1./s1. The first-order valence-corrected chi connectivity index (χ1v) is 26.0. The number of nitrogens with zero attached hydrogens (tertiary/aromatic N) is 14. The van der Waals surface area contributed by atoms with E-state index in [0.717, 1.165) is 92.4 Å². The van der Waals surface area contributed by atoms with Crippen molar-refractivity contribution in [3.63, 3.8) is 0 Å². The van der Waals surface area contributed by atoms with Gasteiger partial charge in [-0.3, -0.25) is 9.97 Å². The van der Waals surface area contributed by atoms with Crippen LogP contribution in [0.3, 0.4) is 0 Å². The molecule has 16 nitrogen and oxygen atoms in total. The molecule has 6 heterocycles. The molecule has 6 fully saturated rings. The lowest BCUT2D eigenvalue weighted by Gasteiger charge is -2.61. The number of nitrogens with one attached hydrogen (secondary N) is 2. The first-order valence-electron chi connectivity index (χ1n) is 26.0. The van der Waals surface area contributed by atoms with E-state index < -0.39 is 0 Å². The van der Waals surface area contributed by atoms with Crippen LogP contribution in [0.15, 0.2) is 86.0 Å². The summed E-state index contributed by atoms with van der Waals surface area (Å²) in [5, 5.41) is 47.1. The second-order valence-corrected chi connectivity index (χ2v) is 24.0. The highest BCUT2D eigenvalue weighted by Crippen LogP contribution is 2.62. The van der Waals surface area contributed by atoms with E-state index in [4.69, 9.17) is 0 Å². The summed E-state index contributed by atoms with van der Waals surface area (Å²) in [5.41, 5.74) is 11.1. The molecule has 0 spiro atoms. The van der Waals surface area contributed by atoms with E-state index in [-0.39, 0.29) is 33.7 Å². The Kier molecular flexibility index (Phi) is 12.2. The van der Waals surface area contributed by atoms with E-state index in [1.807, 2.05) is 50.5 Å². The Morgan fingerprint density at radius 1 is 0.595 bits per heavy atom. The average molecular weight is 985 g/mol. The Morgan fingerprint density at radius 2 is 1.00 bits per heavy atom. The average Bonchev–Trinajstić information content (AvgIpc) is 4.00. The van der Waals surface area contributed by atoms with Crippen molar-refractivity contribution in [3.05, 3.63) is 142 Å². The summed E-state index contributed by atoms with van der Waals surface area (Å²) < 4.78 is 4.20. The molecule has 6 saturated carbocycles. The second kappa shape index (κ2) is 18.6. The first kappa shape index (κ1) is 48.5. The number of benzene rings is 2. The maximum atomic E-state index is 9.99. The predicted octanol–water partition coefficient (Wildman–Crippen LogP) is 10.3. The molecule has 16 heteroatoms. The van der Waals surface area contributed by atoms with Gasteiger partial charge in [0.05, 0.1) is 44.6 Å². The molecular weight excluding hydrogens is 921 g/mol. The molecule has 6 aliphatic rings. The number of nitriles is 2. The third kappa shape index (κ3) is 9.31. The Bertz CT molecular complexity index is 3240. The molecule has 4 bridgehead atoms. The molecule has 6 aliphatic carbocycles. The van der Waals surface area contributed by atoms with Gasteiger partial charge in [-0.1, -0.05) is 64.1 Å². The minimum atomic E-state index is -0.0330. The SMILES string of the molecule is Cc1ncccc1C(Cc1cc(C#N)c2ncnc(NCC(C)(C)C)c2c1)c1cn(C23CC(C2)C3)nn1.Cc1ncccc1[C@@H](Cc1cc(C#N)c2ncnc(NCC(C)(C)C)c2c1)c1cn(C23CC(C2)C3)nn1. The summed E-state index contributed by atoms with van der Waals surface area (Å²) in [6.45, 7) is 18.7. The van der Waals surface area contributed by atoms with Crippen molar-refractivity contribution in [2.45, 2.75) is 130 Å². The highest BCUT2D eigenvalue weighted by atomic mass is 15.5. The molecule has 2 aromatic carbocycles. The highest BCUT2D eigenvalue weighted by molar-refractivity contribution is 5.94. The van der Waals surface area contributed by atoms with Crippen molar-refractivity contribution < 1.29 is 0 Å². The fourth-order valence-electron chi connectivity index (χ4n) is 11.6. The van der Waals surface area contributed by atoms with Crippen LogP contribution in [0.2, 0.25) is 0 Å². The zero-order valence-corrected chi connectivity index (χ0v) is 43.7. The monoisotopic (exact) mass is 985 g/mol. The van der Waals surface area contributed by atoms with Gasteiger partial charge in [0.1, 0.15) is 36.4 Å². The van der Waals surface area contributed by atoms with Gasteiger partial charge in [-0.15, -0.1) is 10.2 Å². The van der Waals surface area contributed by atoms with Gasteiger partial charge in [0.2, 0.25) is 0 Å². The van der Waals surface area contributed by atoms with Gasteiger partial charge in [-0.25, -0.2) is 29.3 Å². The molecule has 0 aliphatic heterocycles. The van der Waals surface area contributed by atoms with Crippen molar-refractivity contribution in [2.24, 2.45) is 22.7 Å². The number of aryl methyl sites for hydroxylation is 2. The first-order chi connectivity index (χ1) is 35.5. The molecule has 376 valence electrons. The minimum Gasteiger partial charge on any atom is -0.369 e. The van der Waals surface area contributed by atoms with Crippen LogP contribution in [0.5, 0.6) is 0 Å². The topological polar surface area (TPSA) is 210 Å². The number of fused-ring (bicyclic) bond motifs is 2. The van der Waals surface area contributed by atoms with Crippen molar-refractivity contribution >= 4 is 33.4 Å². The van der Waals surface area contributed by atoms with Crippen LogP contribution in [-0.2, 0) is 23.9 Å². The molecule has 74 heavy (non-hydrogen) atoms. The molecular formula is C58H64N16. The third-order valence-electron chi connectivity index (χ3n) is 15.9. The lowest BCUT2D eigenvalue weighted by Crippen LogP contribution is -2.59. The number of rotatable bonds is 14. The summed E-state index contributed by atoms with van der Waals surface area (Å²) in [5.74, 6) is 3.18. The lowest BCUT2D eigenvalue weighted by atomic mass is 9.50. The fourth-order valence-corrected chi connectivity index (χ4v) is 11.6. The van der Waals surface area contributed by atoms with Crippen molar-refractivity contribution in [1.82, 2.24) is 59.9 Å². The van der Waals surface area contributed by atoms with Crippen LogP contribution in [0, 0.1) is 59.2 Å². The molecule has 0 saturated heterocycles. The van der Waals surface area contributed by atoms with Gasteiger partial charge >= 0.3 is 0 Å². The van der Waals surface area contributed by atoms with Crippen LogP contribution in [0.1, 0.15) is 148 Å². The zero-order chi connectivity index (χ0) is 51.6. The van der Waals surface area contributed by atoms with Gasteiger partial charge in [0.15, 0.2) is 0 Å². The Labute approximate surface area is 432 Å². The van der Waals surface area contributed by atoms with Crippen LogP contribution >= 0.6 is 0 Å². The fraction of sp³-hybridized carbons (Fsp3) is 0.448. The Hall–Kier alpha value is -7.72. The van der Waals surface area contributed by atoms with E-state index in [0.29, 0.717) is 35.0 Å². The summed E-state index contributed by atoms with van der Waals surface area (Å²) in [7, 11) is 0. The number of aromatic nitrogens is 12. The zero-order valence-electron chi connectivity index (χ0n) is 43.7. The second-order valence-electron chi connectivity index (χ2n) is 24.0. The van der Waals surface area contributed by atoms with Gasteiger partial charge < -0.3 is 10.6 Å². The van der Waals surface area contributed by atoms with E-state index in [1.165, 1.54) is 51.2 Å². The van der Waals surface area contributed by atoms with Gasteiger partial charge in [-0.2, -0.15) is 10.5 Å². The van der Waals surface area contributed by atoms with Gasteiger partial charge in [-0.05, 0) is 147 Å². The normalized spacial score (nSPS) is 21.1. The predicted molar refractivity (Wildman–Crippen MR) is 284 cm³/mol. The quantitative estimate of drug-likeness (QED) is 0.104. The molecule has 2 atom stereocenters. The van der Waals surface area contributed by atoms with E-state index in [9.17, 15) is 10.5 Å². The summed E-state index contributed by atoms with van der Waals surface area (Å²) >= 11 is 0. The maximum absolute atomic E-state index is 9.99. The van der Waals surface area contributed by atoms with E-state index in [1.54, 1.807) is 0 Å². The molecule has 14 rings (SSSR count). The number of hydrogen-bond donors (Lipinski definition) is 2. The number of anilines is 2. The minimum absolute atomic E-state index is 0.0330. The van der Waals surface area contributed by atoms with Crippen LogP contribution < -0.4 is 10.6 Å². The van der Waals surface area contributed by atoms with Gasteiger partial charge in [0.25, 0.3) is 0 Å². The summed E-state index contributed by atoms with van der Waals surface area (Å²) in [6.07, 6.45) is 19.6. The molecule has 6 aromatic heterocycles. The summed E-state index contributed by atoms with van der Waals surface area (Å²) in [4.78, 5) is 27.1. The lowest BCUT2D eigenvalue weighted by molar-refractivity contribution is -0.0990. The van der Waals surface area contributed by atoms with Crippen molar-refractivity contribution in [1.29, 1.82) is 10.5 Å². The third-order valence-corrected chi connectivity index (χ3v) is 15.9. The van der Waals surface area contributed by atoms with E-state index in [2.05, 4.69) is 161 Å². The Morgan fingerprint density at radius 3 is 1.34 bits per heavy atom. The molecule has 0 amide bonds. The summed E-state index contributed by atoms with van der Waals surface area (Å²) in [6, 6.07) is 21.0. The molecule has 1 unspecified atom stereocenters. The molecule has 8 aromatic rings. The molecule has 2 N–H and O–H groups in total. The maximum Gasteiger partial charge on any atom is 0.137 e.